The number of hydrogen-bond acceptors (Lipinski definition) is 0. The van der Waals surface area contributed by atoms with E-state index >= 15 is 0 Å². The Morgan fingerprint density at radius 3 is 2.82 bits per heavy atom. The van der Waals surface area contributed by atoms with Crippen molar-refractivity contribution in [3.8, 4) is 0 Å². The van der Waals surface area contributed by atoms with E-state index in [1.807, 2.05) is 0 Å². The molecule has 0 aromatic carbocycles. The molecule has 2 atom stereocenters. The zero-order valence-electron chi connectivity index (χ0n) is 7.42. The minimum atomic E-state index is 0.799. The van der Waals surface area contributed by atoms with E-state index in [2.05, 4.69) is 31.7 Å². The van der Waals surface area contributed by atoms with Crippen molar-refractivity contribution in [3.63, 3.8) is 0 Å². The van der Waals surface area contributed by atoms with Gasteiger partial charge in [0, 0.05) is 0 Å². The summed E-state index contributed by atoms with van der Waals surface area (Å²) in [6.07, 6.45) is 12.0. The van der Waals surface area contributed by atoms with E-state index in [1.54, 1.807) is 0 Å². The predicted octanol–water partition coefficient (Wildman–Crippen LogP) is 3.55. The van der Waals surface area contributed by atoms with E-state index in [0.29, 0.717) is 0 Å². The van der Waals surface area contributed by atoms with Gasteiger partial charge in [0.05, 0.1) is 0 Å². The molecule has 0 saturated heterocycles. The maximum atomic E-state index is 3.78. The van der Waals surface area contributed by atoms with Crippen molar-refractivity contribution in [2.24, 2.45) is 11.8 Å². The molecule has 0 aromatic rings. The minimum Gasteiger partial charge on any atom is -0.103 e. The average Bonchev–Trinajstić information content (AvgIpc) is 2.77. The van der Waals surface area contributed by atoms with Crippen LogP contribution in [0.3, 0.4) is 0 Å². The van der Waals surface area contributed by atoms with Crippen LogP contribution in [0.4, 0.5) is 0 Å². The van der Waals surface area contributed by atoms with Gasteiger partial charge in [0.25, 0.3) is 0 Å². The van der Waals surface area contributed by atoms with Crippen molar-refractivity contribution in [2.75, 3.05) is 0 Å². The lowest BCUT2D eigenvalue weighted by Crippen LogP contribution is -1.71. The zero-order valence-corrected chi connectivity index (χ0v) is 7.42. The molecular formula is C11H18. The summed E-state index contributed by atoms with van der Waals surface area (Å²) in [7, 11) is 0. The quantitative estimate of drug-likeness (QED) is 0.415. The van der Waals surface area contributed by atoms with Crippen LogP contribution in [0.25, 0.3) is 0 Å². The maximum absolute atomic E-state index is 3.78. The molecule has 0 unspecified atom stereocenters. The predicted molar refractivity (Wildman–Crippen MR) is 50.5 cm³/mol. The van der Waals surface area contributed by atoms with Gasteiger partial charge in [0.2, 0.25) is 0 Å². The number of rotatable bonds is 5. The fourth-order valence-electron chi connectivity index (χ4n) is 1.32. The van der Waals surface area contributed by atoms with Gasteiger partial charge in [-0.3, -0.25) is 0 Å². The van der Waals surface area contributed by atoms with Gasteiger partial charge in [-0.15, -0.1) is 6.58 Å². The molecule has 1 saturated carbocycles. The Kier molecular flexibility index (Phi) is 3.41. The van der Waals surface area contributed by atoms with Crippen LogP contribution in [0.5, 0.6) is 0 Å². The van der Waals surface area contributed by atoms with E-state index in [4.69, 9.17) is 0 Å². The van der Waals surface area contributed by atoms with Crippen LogP contribution in [0.1, 0.15) is 32.6 Å². The Bertz CT molecular complexity index is 144. The molecule has 1 aliphatic rings. The lowest BCUT2D eigenvalue weighted by atomic mass is 10.2. The molecule has 1 fully saturated rings. The Balaban J connectivity index is 2.03. The van der Waals surface area contributed by atoms with Crippen molar-refractivity contribution >= 4 is 0 Å². The third-order valence-corrected chi connectivity index (χ3v) is 2.30. The second kappa shape index (κ2) is 4.38. The van der Waals surface area contributed by atoms with E-state index in [-0.39, 0.29) is 0 Å². The SMILES string of the molecule is C=C[C@@H]1C[C@@H]1/C=C/CCCC. The Morgan fingerprint density at radius 2 is 2.27 bits per heavy atom. The van der Waals surface area contributed by atoms with Crippen LogP contribution >= 0.6 is 0 Å². The van der Waals surface area contributed by atoms with Gasteiger partial charge >= 0.3 is 0 Å². The summed E-state index contributed by atoms with van der Waals surface area (Å²) in [5.74, 6) is 1.64. The van der Waals surface area contributed by atoms with Crippen molar-refractivity contribution in [2.45, 2.75) is 32.6 Å². The van der Waals surface area contributed by atoms with Gasteiger partial charge in [-0.05, 0) is 24.7 Å². The van der Waals surface area contributed by atoms with Gasteiger partial charge < -0.3 is 0 Å². The molecular weight excluding hydrogens is 132 g/mol. The summed E-state index contributed by atoms with van der Waals surface area (Å²) in [6.45, 7) is 6.02. The normalized spacial score (nSPS) is 29.2. The highest BCUT2D eigenvalue weighted by Crippen LogP contribution is 2.40. The summed E-state index contributed by atoms with van der Waals surface area (Å²) in [5, 5.41) is 0. The highest BCUT2D eigenvalue weighted by atomic mass is 14.3. The molecule has 0 bridgehead atoms. The summed E-state index contributed by atoms with van der Waals surface area (Å²) < 4.78 is 0. The molecule has 0 nitrogen and oxygen atoms in total. The van der Waals surface area contributed by atoms with Gasteiger partial charge in [-0.25, -0.2) is 0 Å². The first-order chi connectivity index (χ1) is 5.38. The number of allylic oxidation sites excluding steroid dienone is 3. The molecule has 62 valence electrons. The summed E-state index contributed by atoms with van der Waals surface area (Å²) in [6, 6.07) is 0. The lowest BCUT2D eigenvalue weighted by molar-refractivity contribution is 0.810. The molecule has 1 aliphatic carbocycles. The topological polar surface area (TPSA) is 0 Å². The second-order valence-electron chi connectivity index (χ2n) is 3.37. The molecule has 0 radical (unpaired) electrons. The van der Waals surface area contributed by atoms with Gasteiger partial charge in [-0.1, -0.05) is 38.0 Å². The number of hydrogen-bond donors (Lipinski definition) is 0. The van der Waals surface area contributed by atoms with E-state index < -0.39 is 0 Å². The molecule has 0 spiro atoms. The van der Waals surface area contributed by atoms with Gasteiger partial charge in [-0.2, -0.15) is 0 Å². The third-order valence-electron chi connectivity index (χ3n) is 2.30. The lowest BCUT2D eigenvalue weighted by Gasteiger charge is -1.87. The highest BCUT2D eigenvalue weighted by Gasteiger charge is 2.31. The zero-order chi connectivity index (χ0) is 8.10. The monoisotopic (exact) mass is 150 g/mol. The second-order valence-corrected chi connectivity index (χ2v) is 3.37. The molecule has 0 aromatic heterocycles. The molecule has 0 amide bonds. The smallest absolute Gasteiger partial charge is 0.0165 e. The van der Waals surface area contributed by atoms with Crippen LogP contribution in [-0.4, -0.2) is 0 Å². The Morgan fingerprint density at radius 1 is 1.45 bits per heavy atom. The maximum Gasteiger partial charge on any atom is -0.0165 e. The summed E-state index contributed by atoms with van der Waals surface area (Å²) in [5.41, 5.74) is 0. The van der Waals surface area contributed by atoms with E-state index in [0.717, 1.165) is 11.8 Å². The largest absolute Gasteiger partial charge is 0.103 e. The molecule has 0 heteroatoms. The van der Waals surface area contributed by atoms with E-state index in [1.165, 1.54) is 25.7 Å². The third kappa shape index (κ3) is 2.92. The Labute approximate surface area is 70.0 Å². The van der Waals surface area contributed by atoms with Crippen molar-refractivity contribution < 1.29 is 0 Å². The first-order valence-electron chi connectivity index (χ1n) is 4.67. The summed E-state index contributed by atoms with van der Waals surface area (Å²) >= 11 is 0. The standard InChI is InChI=1S/C11H18/c1-3-5-6-7-8-11-9-10(11)4-2/h4,7-8,10-11H,2-3,5-6,9H2,1H3/b8-7+/t10-,11+/m1/s1. The van der Waals surface area contributed by atoms with Crippen LogP contribution in [0.15, 0.2) is 24.8 Å². The molecule has 0 N–H and O–H groups in total. The number of unbranched alkanes of at least 4 members (excludes halogenated alkanes) is 2. The fourth-order valence-corrected chi connectivity index (χ4v) is 1.32. The Hall–Kier alpha value is -0.520. The molecule has 0 heterocycles. The highest BCUT2D eigenvalue weighted by molar-refractivity contribution is 5.08. The fraction of sp³-hybridized carbons (Fsp3) is 0.636. The van der Waals surface area contributed by atoms with Crippen LogP contribution < -0.4 is 0 Å². The van der Waals surface area contributed by atoms with Crippen LogP contribution in [-0.2, 0) is 0 Å². The van der Waals surface area contributed by atoms with Gasteiger partial charge in [0.15, 0.2) is 0 Å². The molecule has 11 heavy (non-hydrogen) atoms. The van der Waals surface area contributed by atoms with Crippen molar-refractivity contribution in [3.05, 3.63) is 24.8 Å². The minimum absolute atomic E-state index is 0.799. The first-order valence-corrected chi connectivity index (χ1v) is 4.67. The van der Waals surface area contributed by atoms with Crippen LogP contribution in [0.2, 0.25) is 0 Å². The molecule has 0 aliphatic heterocycles. The van der Waals surface area contributed by atoms with E-state index in [9.17, 15) is 0 Å². The average molecular weight is 150 g/mol. The summed E-state index contributed by atoms with van der Waals surface area (Å²) in [4.78, 5) is 0. The van der Waals surface area contributed by atoms with Crippen LogP contribution in [0, 0.1) is 11.8 Å². The van der Waals surface area contributed by atoms with Crippen molar-refractivity contribution in [1.82, 2.24) is 0 Å². The van der Waals surface area contributed by atoms with Gasteiger partial charge in [0.1, 0.15) is 0 Å². The first kappa shape index (κ1) is 8.58. The molecule has 1 rings (SSSR count). The van der Waals surface area contributed by atoms with Crippen molar-refractivity contribution in [1.29, 1.82) is 0 Å².